The van der Waals surface area contributed by atoms with Crippen LogP contribution in [0.3, 0.4) is 0 Å². The van der Waals surface area contributed by atoms with Crippen LogP contribution in [0, 0.1) is 0 Å². The molecule has 0 heterocycles. The minimum atomic E-state index is 0.0579. The van der Waals surface area contributed by atoms with E-state index in [1.54, 1.807) is 7.05 Å². The van der Waals surface area contributed by atoms with Gasteiger partial charge in [0.05, 0.1) is 13.2 Å². The number of nitrogens with one attached hydrogen (secondary N) is 2. The van der Waals surface area contributed by atoms with E-state index in [-0.39, 0.29) is 11.9 Å². The first-order valence-electron chi connectivity index (χ1n) is 5.33. The van der Waals surface area contributed by atoms with E-state index in [1.807, 2.05) is 13.0 Å². The predicted octanol–water partition coefficient (Wildman–Crippen LogP) is 0.693. The number of rotatable bonds is 9. The molecule has 0 saturated carbocycles. The van der Waals surface area contributed by atoms with Gasteiger partial charge < -0.3 is 15.4 Å². The summed E-state index contributed by atoms with van der Waals surface area (Å²) in [4.78, 5) is 11.0. The van der Waals surface area contributed by atoms with Crippen LogP contribution in [0.2, 0.25) is 0 Å². The van der Waals surface area contributed by atoms with Gasteiger partial charge in [-0.25, -0.2) is 0 Å². The van der Waals surface area contributed by atoms with Gasteiger partial charge in [0.2, 0.25) is 5.91 Å². The van der Waals surface area contributed by atoms with Crippen LogP contribution in [0.15, 0.2) is 12.7 Å². The third-order valence-corrected chi connectivity index (χ3v) is 1.98. The highest BCUT2D eigenvalue weighted by Crippen LogP contribution is 1.89. The Balaban J connectivity index is 3.27. The smallest absolute Gasteiger partial charge is 0.221 e. The summed E-state index contributed by atoms with van der Waals surface area (Å²) < 4.78 is 5.32. The number of amides is 1. The Kier molecular flexibility index (Phi) is 9.11. The van der Waals surface area contributed by atoms with Gasteiger partial charge in [0.1, 0.15) is 0 Å². The van der Waals surface area contributed by atoms with Gasteiger partial charge >= 0.3 is 0 Å². The fourth-order valence-corrected chi connectivity index (χ4v) is 1.10. The fourth-order valence-electron chi connectivity index (χ4n) is 1.10. The number of hydrogen-bond donors (Lipinski definition) is 2. The summed E-state index contributed by atoms with van der Waals surface area (Å²) in [6.45, 7) is 7.76. The molecule has 0 bridgehead atoms. The number of carbonyl (C=O) groups excluding carboxylic acids is 1. The van der Waals surface area contributed by atoms with Gasteiger partial charge in [0.25, 0.3) is 0 Å². The molecule has 1 amide bonds. The molecular weight excluding hydrogens is 192 g/mol. The van der Waals surface area contributed by atoms with E-state index in [0.29, 0.717) is 13.0 Å². The van der Waals surface area contributed by atoms with E-state index in [9.17, 15) is 4.79 Å². The van der Waals surface area contributed by atoms with Crippen molar-refractivity contribution in [2.24, 2.45) is 0 Å². The van der Waals surface area contributed by atoms with E-state index in [4.69, 9.17) is 4.74 Å². The van der Waals surface area contributed by atoms with Crippen molar-refractivity contribution >= 4 is 5.91 Å². The van der Waals surface area contributed by atoms with E-state index >= 15 is 0 Å². The normalized spacial score (nSPS) is 12.1. The Morgan fingerprint density at radius 3 is 2.87 bits per heavy atom. The van der Waals surface area contributed by atoms with Crippen molar-refractivity contribution in [3.8, 4) is 0 Å². The number of carbonyl (C=O) groups is 1. The van der Waals surface area contributed by atoms with Crippen molar-refractivity contribution in [1.82, 2.24) is 10.6 Å². The number of ether oxygens (including phenoxy) is 1. The lowest BCUT2D eigenvalue weighted by molar-refractivity contribution is -0.121. The second-order valence-electron chi connectivity index (χ2n) is 3.42. The standard InChI is InChI=1S/C11H22N2O2/c1-4-5-7-15-8-6-13-10(2)9-11(14)12-3/h4,10,13H,1,5-9H2,2-3H3,(H,12,14). The SMILES string of the molecule is C=CCCOCCNC(C)CC(=O)NC. The zero-order chi connectivity index (χ0) is 11.5. The molecule has 0 saturated heterocycles. The zero-order valence-corrected chi connectivity index (χ0v) is 9.71. The monoisotopic (exact) mass is 214 g/mol. The average Bonchev–Trinajstić information content (AvgIpc) is 2.23. The highest BCUT2D eigenvalue weighted by Gasteiger charge is 2.05. The minimum Gasteiger partial charge on any atom is -0.380 e. The summed E-state index contributed by atoms with van der Waals surface area (Å²) >= 11 is 0. The second kappa shape index (κ2) is 9.68. The van der Waals surface area contributed by atoms with Crippen molar-refractivity contribution in [1.29, 1.82) is 0 Å². The highest BCUT2D eigenvalue weighted by molar-refractivity contribution is 5.76. The first-order valence-corrected chi connectivity index (χ1v) is 5.33. The van der Waals surface area contributed by atoms with E-state index < -0.39 is 0 Å². The second-order valence-corrected chi connectivity index (χ2v) is 3.42. The molecule has 0 aliphatic heterocycles. The summed E-state index contributed by atoms with van der Waals surface area (Å²) in [5, 5.41) is 5.81. The van der Waals surface area contributed by atoms with Gasteiger partial charge in [-0.2, -0.15) is 0 Å². The molecule has 0 aromatic heterocycles. The first kappa shape index (κ1) is 14.1. The van der Waals surface area contributed by atoms with Gasteiger partial charge in [-0.1, -0.05) is 6.08 Å². The van der Waals surface area contributed by atoms with Gasteiger partial charge in [-0.3, -0.25) is 4.79 Å². The third kappa shape index (κ3) is 9.43. The Hall–Kier alpha value is -0.870. The van der Waals surface area contributed by atoms with Gasteiger partial charge in [0, 0.05) is 26.1 Å². The predicted molar refractivity (Wildman–Crippen MR) is 61.8 cm³/mol. The molecule has 15 heavy (non-hydrogen) atoms. The first-order chi connectivity index (χ1) is 7.20. The van der Waals surface area contributed by atoms with E-state index in [2.05, 4.69) is 17.2 Å². The molecule has 0 rings (SSSR count). The van der Waals surface area contributed by atoms with E-state index in [0.717, 1.165) is 19.6 Å². The summed E-state index contributed by atoms with van der Waals surface area (Å²) in [6, 6.07) is 0.188. The lowest BCUT2D eigenvalue weighted by atomic mass is 10.2. The van der Waals surface area contributed by atoms with Crippen molar-refractivity contribution in [3.63, 3.8) is 0 Å². The molecule has 0 aliphatic carbocycles. The Labute approximate surface area is 92.1 Å². The quantitative estimate of drug-likeness (QED) is 0.438. The molecule has 0 spiro atoms. The maximum absolute atomic E-state index is 11.0. The molecular formula is C11H22N2O2. The van der Waals surface area contributed by atoms with Crippen LogP contribution in [-0.2, 0) is 9.53 Å². The molecule has 1 unspecified atom stereocenters. The van der Waals surface area contributed by atoms with Crippen LogP contribution >= 0.6 is 0 Å². The zero-order valence-electron chi connectivity index (χ0n) is 9.71. The molecule has 0 aliphatic rings. The molecule has 0 aromatic carbocycles. The maximum atomic E-state index is 11.0. The minimum absolute atomic E-state index is 0.0579. The van der Waals surface area contributed by atoms with Crippen LogP contribution in [0.1, 0.15) is 19.8 Å². The van der Waals surface area contributed by atoms with Crippen molar-refractivity contribution in [2.45, 2.75) is 25.8 Å². The van der Waals surface area contributed by atoms with Gasteiger partial charge in [-0.15, -0.1) is 6.58 Å². The molecule has 2 N–H and O–H groups in total. The molecule has 0 radical (unpaired) electrons. The fraction of sp³-hybridized carbons (Fsp3) is 0.727. The summed E-state index contributed by atoms with van der Waals surface area (Å²) in [7, 11) is 1.65. The van der Waals surface area contributed by atoms with Gasteiger partial charge in [0.15, 0.2) is 0 Å². The summed E-state index contributed by atoms with van der Waals surface area (Å²) in [5.74, 6) is 0.0579. The highest BCUT2D eigenvalue weighted by atomic mass is 16.5. The van der Waals surface area contributed by atoms with Crippen LogP contribution in [-0.4, -0.2) is 38.8 Å². The van der Waals surface area contributed by atoms with Crippen LogP contribution in [0.4, 0.5) is 0 Å². The largest absolute Gasteiger partial charge is 0.380 e. The van der Waals surface area contributed by atoms with Crippen molar-refractivity contribution in [2.75, 3.05) is 26.8 Å². The molecule has 0 fully saturated rings. The van der Waals surface area contributed by atoms with Crippen LogP contribution in [0.25, 0.3) is 0 Å². The average molecular weight is 214 g/mol. The van der Waals surface area contributed by atoms with Crippen molar-refractivity contribution in [3.05, 3.63) is 12.7 Å². The Bertz CT molecular complexity index is 183. The maximum Gasteiger partial charge on any atom is 0.221 e. The van der Waals surface area contributed by atoms with E-state index in [1.165, 1.54) is 0 Å². The third-order valence-electron chi connectivity index (χ3n) is 1.98. The topological polar surface area (TPSA) is 50.4 Å². The molecule has 0 aromatic rings. The lowest BCUT2D eigenvalue weighted by Gasteiger charge is -2.12. The number of hydrogen-bond acceptors (Lipinski definition) is 3. The van der Waals surface area contributed by atoms with Crippen LogP contribution in [0.5, 0.6) is 0 Å². The molecule has 4 heteroatoms. The lowest BCUT2D eigenvalue weighted by Crippen LogP contribution is -2.34. The van der Waals surface area contributed by atoms with Gasteiger partial charge in [-0.05, 0) is 13.3 Å². The Morgan fingerprint density at radius 2 is 2.27 bits per heavy atom. The van der Waals surface area contributed by atoms with Crippen molar-refractivity contribution < 1.29 is 9.53 Å². The van der Waals surface area contributed by atoms with Crippen LogP contribution < -0.4 is 10.6 Å². The molecule has 1 atom stereocenters. The summed E-state index contributed by atoms with van der Waals surface area (Å²) in [6.07, 6.45) is 3.22. The molecule has 88 valence electrons. The Morgan fingerprint density at radius 1 is 1.53 bits per heavy atom. The summed E-state index contributed by atoms with van der Waals surface area (Å²) in [5.41, 5.74) is 0. The molecule has 4 nitrogen and oxygen atoms in total.